The Labute approximate surface area is 120 Å². The molecule has 0 bridgehead atoms. The van der Waals surface area contributed by atoms with Crippen LogP contribution >= 0.6 is 0 Å². The number of carbonyl (C=O) groups is 2. The summed E-state index contributed by atoms with van der Waals surface area (Å²) in [6.07, 6.45) is 5.35. The lowest BCUT2D eigenvalue weighted by Crippen LogP contribution is -2.76. The molecule has 1 saturated heterocycles. The molecule has 0 atom stereocenters. The van der Waals surface area contributed by atoms with Crippen molar-refractivity contribution >= 4 is 11.8 Å². The Balaban J connectivity index is 2.39. The molecule has 4 nitrogen and oxygen atoms in total. The molecule has 1 heterocycles. The van der Waals surface area contributed by atoms with Crippen LogP contribution in [0.2, 0.25) is 0 Å². The summed E-state index contributed by atoms with van der Waals surface area (Å²) in [6, 6.07) is 0. The van der Waals surface area contributed by atoms with Crippen LogP contribution < -0.4 is 5.32 Å². The van der Waals surface area contributed by atoms with Gasteiger partial charge in [0.15, 0.2) is 0 Å². The molecule has 5 heteroatoms. The Kier molecular flexibility index (Phi) is 4.35. The molecule has 114 valence electrons. The summed E-state index contributed by atoms with van der Waals surface area (Å²) < 4.78 is 13.0. The van der Waals surface area contributed by atoms with Gasteiger partial charge in [0.1, 0.15) is 17.8 Å². The molecule has 2 fully saturated rings. The third kappa shape index (κ3) is 2.11. The van der Waals surface area contributed by atoms with E-state index < -0.39 is 17.8 Å². The summed E-state index contributed by atoms with van der Waals surface area (Å²) in [5, 5.41) is 2.98. The van der Waals surface area contributed by atoms with Gasteiger partial charge >= 0.3 is 0 Å². The molecule has 1 spiro atoms. The molecule has 1 N–H and O–H groups in total. The van der Waals surface area contributed by atoms with Crippen LogP contribution in [0.5, 0.6) is 0 Å². The minimum atomic E-state index is -0.838. The van der Waals surface area contributed by atoms with E-state index in [1.54, 1.807) is 4.90 Å². The van der Waals surface area contributed by atoms with Crippen molar-refractivity contribution < 1.29 is 14.0 Å². The van der Waals surface area contributed by atoms with Crippen molar-refractivity contribution in [1.82, 2.24) is 10.2 Å². The van der Waals surface area contributed by atoms with Gasteiger partial charge in [0.05, 0.1) is 6.54 Å². The van der Waals surface area contributed by atoms with Crippen molar-refractivity contribution in [2.45, 2.75) is 69.9 Å². The second-order valence-corrected chi connectivity index (χ2v) is 5.98. The maximum atomic E-state index is 13.0. The fourth-order valence-corrected chi connectivity index (χ4v) is 3.73. The fraction of sp³-hybridized carbons (Fsp3) is 0.867. The highest BCUT2D eigenvalue weighted by Gasteiger charge is 2.57. The number of rotatable bonds is 4. The summed E-state index contributed by atoms with van der Waals surface area (Å²) in [6.45, 7) is 3.24. The number of hydrogen-bond donors (Lipinski definition) is 1. The summed E-state index contributed by atoms with van der Waals surface area (Å²) in [4.78, 5) is 27.1. The smallest absolute Gasteiger partial charge is 0.249 e. The molecule has 0 aromatic heterocycles. The maximum absolute atomic E-state index is 13.0. The molecule has 2 aliphatic rings. The van der Waals surface area contributed by atoms with E-state index in [1.165, 1.54) is 0 Å². The first-order chi connectivity index (χ1) is 9.56. The normalized spacial score (nSPS) is 24.9. The Morgan fingerprint density at radius 1 is 1.15 bits per heavy atom. The minimum Gasteiger partial charge on any atom is -0.340 e. The molecular formula is C15H25FN2O2. The van der Waals surface area contributed by atoms with Gasteiger partial charge in [0, 0.05) is 0 Å². The van der Waals surface area contributed by atoms with Gasteiger partial charge in [-0.25, -0.2) is 4.39 Å². The van der Waals surface area contributed by atoms with Crippen LogP contribution in [0, 0.1) is 0 Å². The average molecular weight is 284 g/mol. The van der Waals surface area contributed by atoms with E-state index in [2.05, 4.69) is 5.32 Å². The summed E-state index contributed by atoms with van der Waals surface area (Å²) >= 11 is 0. The summed E-state index contributed by atoms with van der Waals surface area (Å²) in [5.74, 6) is -0.171. The zero-order valence-electron chi connectivity index (χ0n) is 12.5. The van der Waals surface area contributed by atoms with Crippen LogP contribution in [0.1, 0.15) is 58.8 Å². The van der Waals surface area contributed by atoms with Gasteiger partial charge in [-0.2, -0.15) is 0 Å². The van der Waals surface area contributed by atoms with Crippen molar-refractivity contribution in [2.75, 3.05) is 13.2 Å². The highest BCUT2D eigenvalue weighted by atomic mass is 19.1. The zero-order valence-corrected chi connectivity index (χ0v) is 12.5. The number of nitrogens with one attached hydrogen (secondary N) is 1. The number of piperazine rings is 1. The number of amides is 2. The molecule has 1 saturated carbocycles. The number of carbonyl (C=O) groups excluding carboxylic acids is 2. The van der Waals surface area contributed by atoms with Crippen LogP contribution in [0.15, 0.2) is 0 Å². The average Bonchev–Trinajstić information content (AvgIpc) is 2.49. The van der Waals surface area contributed by atoms with Crippen LogP contribution in [-0.2, 0) is 9.59 Å². The van der Waals surface area contributed by atoms with Crippen molar-refractivity contribution in [3.63, 3.8) is 0 Å². The lowest BCUT2D eigenvalue weighted by atomic mass is 9.74. The minimum absolute atomic E-state index is 0.0357. The number of nitrogens with zero attached hydrogens (tertiary/aromatic N) is 1. The Hall–Kier alpha value is -1.13. The second-order valence-electron chi connectivity index (χ2n) is 5.98. The van der Waals surface area contributed by atoms with Crippen LogP contribution in [-0.4, -0.2) is 41.0 Å². The van der Waals surface area contributed by atoms with Gasteiger partial charge in [-0.3, -0.25) is 9.59 Å². The monoisotopic (exact) mass is 284 g/mol. The molecule has 1 aliphatic carbocycles. The predicted molar refractivity (Wildman–Crippen MR) is 75.0 cm³/mol. The van der Waals surface area contributed by atoms with Gasteiger partial charge in [0.25, 0.3) is 0 Å². The zero-order chi connectivity index (χ0) is 14.8. The summed E-state index contributed by atoms with van der Waals surface area (Å²) in [5.41, 5.74) is -1.63. The van der Waals surface area contributed by atoms with E-state index in [0.29, 0.717) is 25.7 Å². The Morgan fingerprint density at radius 3 is 2.25 bits per heavy atom. The van der Waals surface area contributed by atoms with E-state index in [0.717, 1.165) is 19.3 Å². The van der Waals surface area contributed by atoms with Gasteiger partial charge < -0.3 is 10.2 Å². The molecule has 2 amide bonds. The lowest BCUT2D eigenvalue weighted by molar-refractivity contribution is -0.166. The fourth-order valence-electron chi connectivity index (χ4n) is 3.73. The first kappa shape index (κ1) is 15.3. The van der Waals surface area contributed by atoms with E-state index in [4.69, 9.17) is 0 Å². The second kappa shape index (κ2) is 5.70. The molecule has 0 aromatic carbocycles. The quantitative estimate of drug-likeness (QED) is 0.860. The third-order valence-electron chi connectivity index (χ3n) is 5.14. The van der Waals surface area contributed by atoms with E-state index >= 15 is 0 Å². The molecule has 0 radical (unpaired) electrons. The molecule has 1 aliphatic heterocycles. The van der Waals surface area contributed by atoms with Crippen LogP contribution in [0.3, 0.4) is 0 Å². The molecule has 20 heavy (non-hydrogen) atoms. The van der Waals surface area contributed by atoms with Crippen molar-refractivity contribution in [3.05, 3.63) is 0 Å². The Bertz CT molecular complexity index is 387. The molecule has 0 aromatic rings. The van der Waals surface area contributed by atoms with E-state index in [-0.39, 0.29) is 18.4 Å². The topological polar surface area (TPSA) is 49.4 Å². The first-order valence-electron chi connectivity index (χ1n) is 7.77. The van der Waals surface area contributed by atoms with Gasteiger partial charge in [-0.15, -0.1) is 0 Å². The van der Waals surface area contributed by atoms with E-state index in [1.807, 2.05) is 13.8 Å². The molecule has 0 unspecified atom stereocenters. The van der Waals surface area contributed by atoms with Crippen LogP contribution in [0.4, 0.5) is 4.39 Å². The van der Waals surface area contributed by atoms with Crippen LogP contribution in [0.25, 0.3) is 0 Å². The maximum Gasteiger partial charge on any atom is 0.249 e. The molecular weight excluding hydrogens is 259 g/mol. The van der Waals surface area contributed by atoms with Gasteiger partial charge in [-0.1, -0.05) is 33.1 Å². The SMILES string of the molecule is CCC1(CC)NC(=O)C2(CCCCC2)N(CCF)C1=O. The molecule has 2 rings (SSSR count). The Morgan fingerprint density at radius 2 is 1.75 bits per heavy atom. The van der Waals surface area contributed by atoms with E-state index in [9.17, 15) is 14.0 Å². The number of hydrogen-bond acceptors (Lipinski definition) is 2. The van der Waals surface area contributed by atoms with Gasteiger partial charge in [-0.05, 0) is 25.7 Å². The van der Waals surface area contributed by atoms with Crippen molar-refractivity contribution in [2.24, 2.45) is 0 Å². The van der Waals surface area contributed by atoms with Crippen molar-refractivity contribution in [3.8, 4) is 0 Å². The highest BCUT2D eigenvalue weighted by Crippen LogP contribution is 2.39. The van der Waals surface area contributed by atoms with Gasteiger partial charge in [0.2, 0.25) is 11.8 Å². The number of alkyl halides is 1. The number of halogens is 1. The lowest BCUT2D eigenvalue weighted by Gasteiger charge is -2.53. The third-order valence-corrected chi connectivity index (χ3v) is 5.14. The predicted octanol–water partition coefficient (Wildman–Crippen LogP) is 2.18. The highest BCUT2D eigenvalue weighted by molar-refractivity contribution is 6.02. The standard InChI is InChI=1S/C15H25FN2O2/c1-3-14(4-2)13(20)18(11-10-16)15(12(19)17-14)8-6-5-7-9-15/h3-11H2,1-2H3,(H,17,19). The largest absolute Gasteiger partial charge is 0.340 e. The van der Waals surface area contributed by atoms with Crippen molar-refractivity contribution in [1.29, 1.82) is 0 Å². The first-order valence-corrected chi connectivity index (χ1v) is 7.77. The summed E-state index contributed by atoms with van der Waals surface area (Å²) in [7, 11) is 0.